The molecule has 8 nitrogen and oxygen atoms in total. The average Bonchev–Trinajstić information content (AvgIpc) is 3.10. The number of nitrogens with zero attached hydrogens (tertiary/aromatic N) is 4. The Bertz CT molecular complexity index is 702. The van der Waals surface area contributed by atoms with E-state index in [4.69, 9.17) is 10.5 Å². The monoisotopic (exact) mass is 376 g/mol. The van der Waals surface area contributed by atoms with Crippen LogP contribution in [-0.4, -0.2) is 66.7 Å². The van der Waals surface area contributed by atoms with Crippen LogP contribution in [0.15, 0.2) is 29.8 Å². The molecule has 1 fully saturated rings. The summed E-state index contributed by atoms with van der Waals surface area (Å²) < 4.78 is 4.89. The fraction of sp³-hybridized carbons (Fsp3) is 0.471. The Kier molecular flexibility index (Phi) is 6.51. The molecule has 1 aliphatic heterocycles. The van der Waals surface area contributed by atoms with Gasteiger partial charge in [0.1, 0.15) is 11.9 Å². The number of hydrogen-bond donors (Lipinski definition) is 2. The number of nitrogens with two attached hydrogens (primary N) is 1. The van der Waals surface area contributed by atoms with Crippen LogP contribution in [0.5, 0.6) is 0 Å². The van der Waals surface area contributed by atoms with Crippen molar-refractivity contribution in [3.8, 4) is 0 Å². The zero-order chi connectivity index (χ0) is 18.4. The second kappa shape index (κ2) is 9.04. The van der Waals surface area contributed by atoms with Gasteiger partial charge in [0.2, 0.25) is 5.91 Å². The summed E-state index contributed by atoms with van der Waals surface area (Å²) in [4.78, 5) is 25.4. The molecule has 1 atom stereocenters. The van der Waals surface area contributed by atoms with Gasteiger partial charge in [-0.25, -0.2) is 9.97 Å². The van der Waals surface area contributed by atoms with Gasteiger partial charge >= 0.3 is 0 Å². The van der Waals surface area contributed by atoms with Crippen LogP contribution in [0.2, 0.25) is 0 Å². The molecule has 3 rings (SSSR count). The van der Waals surface area contributed by atoms with Gasteiger partial charge in [0.15, 0.2) is 5.13 Å². The maximum Gasteiger partial charge on any atom is 0.245 e. The zero-order valence-corrected chi connectivity index (χ0v) is 15.6. The van der Waals surface area contributed by atoms with Crippen LogP contribution in [0.1, 0.15) is 5.69 Å². The number of carbonyl (C=O) groups excluding carboxylic acids is 1. The van der Waals surface area contributed by atoms with Crippen LogP contribution in [0.4, 0.5) is 10.9 Å². The fourth-order valence-electron chi connectivity index (χ4n) is 2.80. The van der Waals surface area contributed by atoms with Gasteiger partial charge in [-0.05, 0) is 12.1 Å². The van der Waals surface area contributed by atoms with E-state index in [0.717, 1.165) is 44.2 Å². The second-order valence-corrected chi connectivity index (χ2v) is 7.00. The molecule has 0 bridgehead atoms. The van der Waals surface area contributed by atoms with E-state index in [-0.39, 0.29) is 12.5 Å². The molecule has 26 heavy (non-hydrogen) atoms. The van der Waals surface area contributed by atoms with Crippen molar-refractivity contribution in [3.63, 3.8) is 0 Å². The number of piperazine rings is 1. The quantitative estimate of drug-likeness (QED) is 0.737. The predicted molar refractivity (Wildman–Crippen MR) is 102 cm³/mol. The lowest BCUT2D eigenvalue weighted by molar-refractivity contribution is -0.118. The molecule has 1 aliphatic rings. The van der Waals surface area contributed by atoms with Gasteiger partial charge in [-0.2, -0.15) is 0 Å². The molecule has 3 N–H and O–H groups in total. The lowest BCUT2D eigenvalue weighted by atomic mass is 10.3. The highest BCUT2D eigenvalue weighted by Gasteiger charge is 2.19. The average molecular weight is 376 g/mol. The first kappa shape index (κ1) is 18.7. The van der Waals surface area contributed by atoms with Gasteiger partial charge in [0, 0.05) is 51.4 Å². The Morgan fingerprint density at radius 1 is 1.38 bits per heavy atom. The summed E-state index contributed by atoms with van der Waals surface area (Å²) in [7, 11) is 1.52. The lowest BCUT2D eigenvalue weighted by Gasteiger charge is -2.35. The first-order chi connectivity index (χ1) is 12.7. The number of thiazole rings is 1. The van der Waals surface area contributed by atoms with Crippen LogP contribution in [0, 0.1) is 0 Å². The number of pyridine rings is 1. The normalized spacial score (nSPS) is 16.5. The van der Waals surface area contributed by atoms with E-state index < -0.39 is 6.04 Å². The Hall–Kier alpha value is -2.07. The number of anilines is 2. The van der Waals surface area contributed by atoms with Crippen molar-refractivity contribution in [2.75, 3.05) is 50.1 Å². The second-order valence-electron chi connectivity index (χ2n) is 6.15. The van der Waals surface area contributed by atoms with Crippen LogP contribution in [0.3, 0.4) is 0 Å². The van der Waals surface area contributed by atoms with Crippen molar-refractivity contribution < 1.29 is 9.53 Å². The molecule has 1 unspecified atom stereocenters. The van der Waals surface area contributed by atoms with Crippen molar-refractivity contribution in [1.82, 2.24) is 14.9 Å². The van der Waals surface area contributed by atoms with E-state index in [1.165, 1.54) is 18.4 Å². The summed E-state index contributed by atoms with van der Waals surface area (Å²) >= 11 is 1.41. The van der Waals surface area contributed by atoms with E-state index in [9.17, 15) is 4.79 Å². The van der Waals surface area contributed by atoms with Gasteiger partial charge in [-0.1, -0.05) is 6.07 Å². The molecule has 1 amide bonds. The maximum absolute atomic E-state index is 11.9. The molecular weight excluding hydrogens is 352 g/mol. The number of hydrogen-bond acceptors (Lipinski definition) is 8. The molecule has 0 saturated carbocycles. The summed E-state index contributed by atoms with van der Waals surface area (Å²) in [5, 5.41) is 5.29. The van der Waals surface area contributed by atoms with Crippen LogP contribution >= 0.6 is 11.3 Å². The van der Waals surface area contributed by atoms with Gasteiger partial charge in [0.25, 0.3) is 0 Å². The molecule has 0 radical (unpaired) electrons. The van der Waals surface area contributed by atoms with Crippen molar-refractivity contribution in [2.45, 2.75) is 12.6 Å². The minimum absolute atomic E-state index is 0.185. The number of rotatable bonds is 7. The minimum Gasteiger partial charge on any atom is -0.383 e. The summed E-state index contributed by atoms with van der Waals surface area (Å²) in [5.74, 6) is 0.745. The summed E-state index contributed by atoms with van der Waals surface area (Å²) in [6.45, 7) is 4.74. The van der Waals surface area contributed by atoms with E-state index in [1.54, 1.807) is 0 Å². The van der Waals surface area contributed by atoms with Crippen LogP contribution in [-0.2, 0) is 16.1 Å². The maximum atomic E-state index is 11.9. The molecule has 2 aromatic rings. The molecule has 9 heteroatoms. The SMILES string of the molecule is COCC(N)C(=O)Nc1nc(CN2CCN(c3ccccn3)CC2)cs1. The topological polar surface area (TPSA) is 96.6 Å². The summed E-state index contributed by atoms with van der Waals surface area (Å²) in [5.41, 5.74) is 6.67. The first-order valence-corrected chi connectivity index (χ1v) is 9.42. The number of aromatic nitrogens is 2. The first-order valence-electron chi connectivity index (χ1n) is 8.54. The van der Waals surface area contributed by atoms with E-state index in [0.29, 0.717) is 5.13 Å². The molecule has 2 aromatic heterocycles. The van der Waals surface area contributed by atoms with Gasteiger partial charge < -0.3 is 20.7 Å². The third-order valence-corrected chi connectivity index (χ3v) is 5.00. The van der Waals surface area contributed by atoms with E-state index in [2.05, 4.69) is 25.1 Å². The van der Waals surface area contributed by atoms with Crippen LogP contribution < -0.4 is 16.0 Å². The highest BCUT2D eigenvalue weighted by atomic mass is 32.1. The molecule has 1 saturated heterocycles. The van der Waals surface area contributed by atoms with Gasteiger partial charge in [-0.15, -0.1) is 11.3 Å². The predicted octanol–water partition coefficient (Wildman–Crippen LogP) is 0.773. The molecule has 0 spiro atoms. The van der Waals surface area contributed by atoms with Gasteiger partial charge in [0.05, 0.1) is 12.3 Å². The highest BCUT2D eigenvalue weighted by molar-refractivity contribution is 7.13. The van der Waals surface area contributed by atoms with Crippen molar-refractivity contribution in [1.29, 1.82) is 0 Å². The highest BCUT2D eigenvalue weighted by Crippen LogP contribution is 2.19. The summed E-state index contributed by atoms with van der Waals surface area (Å²) in [6.07, 6.45) is 1.82. The molecule has 3 heterocycles. The molecular formula is C17H24N6O2S. The van der Waals surface area contributed by atoms with Gasteiger partial charge in [-0.3, -0.25) is 9.69 Å². The Morgan fingerprint density at radius 3 is 2.88 bits per heavy atom. The Labute approximate surface area is 157 Å². The summed E-state index contributed by atoms with van der Waals surface area (Å²) in [6, 6.07) is 5.30. The third kappa shape index (κ3) is 4.98. The molecule has 0 aliphatic carbocycles. The van der Waals surface area contributed by atoms with E-state index >= 15 is 0 Å². The van der Waals surface area contributed by atoms with Crippen molar-refractivity contribution in [2.24, 2.45) is 5.73 Å². The number of nitrogens with one attached hydrogen (secondary N) is 1. The largest absolute Gasteiger partial charge is 0.383 e. The molecule has 0 aromatic carbocycles. The molecule has 140 valence electrons. The van der Waals surface area contributed by atoms with Crippen molar-refractivity contribution in [3.05, 3.63) is 35.5 Å². The van der Waals surface area contributed by atoms with E-state index in [1.807, 2.05) is 29.8 Å². The number of carbonyl (C=O) groups is 1. The fourth-order valence-corrected chi connectivity index (χ4v) is 3.50. The van der Waals surface area contributed by atoms with Crippen LogP contribution in [0.25, 0.3) is 0 Å². The lowest BCUT2D eigenvalue weighted by Crippen LogP contribution is -2.46. The van der Waals surface area contributed by atoms with Crippen molar-refractivity contribution >= 4 is 28.2 Å². The Balaban J connectivity index is 1.47. The minimum atomic E-state index is -0.688. The zero-order valence-electron chi connectivity index (χ0n) is 14.8. The Morgan fingerprint density at radius 2 is 2.19 bits per heavy atom. The third-order valence-electron chi connectivity index (χ3n) is 4.20. The smallest absolute Gasteiger partial charge is 0.245 e. The number of ether oxygens (including phenoxy) is 1. The standard InChI is InChI=1S/C17H24N6O2S/c1-25-11-14(18)16(24)21-17-20-13(12-26-17)10-22-6-8-23(9-7-22)15-4-2-3-5-19-15/h2-5,12,14H,6-11,18H2,1H3,(H,20,21,24). The number of methoxy groups -OCH3 is 1. The number of amides is 1.